The van der Waals surface area contributed by atoms with Gasteiger partial charge in [0.05, 0.1) is 12.3 Å². The van der Waals surface area contributed by atoms with Crippen molar-refractivity contribution in [2.24, 2.45) is 0 Å². The van der Waals surface area contributed by atoms with Crippen molar-refractivity contribution in [3.63, 3.8) is 0 Å². The molecule has 0 bridgehead atoms. The van der Waals surface area contributed by atoms with E-state index in [0.717, 1.165) is 12.8 Å². The lowest BCUT2D eigenvalue weighted by Crippen LogP contribution is -2.35. The number of hydrogen-bond donors (Lipinski definition) is 1. The largest absolute Gasteiger partial charge is 0.486 e. The van der Waals surface area contributed by atoms with E-state index in [1.807, 2.05) is 6.26 Å². The van der Waals surface area contributed by atoms with E-state index < -0.39 is 0 Å². The lowest BCUT2D eigenvalue weighted by molar-refractivity contribution is 0.192. The molecular weight excluding hydrogens is 126 g/mol. The van der Waals surface area contributed by atoms with Gasteiger partial charge in [-0.2, -0.15) is 0 Å². The van der Waals surface area contributed by atoms with Crippen LogP contribution < -0.4 is 5.32 Å². The number of hydrogen-bond acceptors (Lipinski definition) is 2. The Balaban J connectivity index is 2.20. The van der Waals surface area contributed by atoms with Crippen molar-refractivity contribution >= 4 is 0 Å². The zero-order chi connectivity index (χ0) is 6.81. The minimum atomic E-state index is 0.461. The van der Waals surface area contributed by atoms with Crippen molar-refractivity contribution in [3.8, 4) is 0 Å². The highest BCUT2D eigenvalue weighted by Gasteiger charge is 2.16. The third-order valence-electron chi connectivity index (χ3n) is 1.95. The molecule has 1 unspecified atom stereocenters. The lowest BCUT2D eigenvalue weighted by atomic mass is 9.97. The van der Waals surface area contributed by atoms with Gasteiger partial charge < -0.3 is 4.74 Å². The van der Waals surface area contributed by atoms with E-state index >= 15 is 0 Å². The summed E-state index contributed by atoms with van der Waals surface area (Å²) in [5.74, 6) is 0. The molecule has 0 saturated carbocycles. The van der Waals surface area contributed by atoms with Crippen LogP contribution in [-0.2, 0) is 4.74 Å². The monoisotopic (exact) mass is 137 g/mol. The molecule has 0 aromatic heterocycles. The molecule has 1 N–H and O–H groups in total. The lowest BCUT2D eigenvalue weighted by Gasteiger charge is -2.25. The summed E-state index contributed by atoms with van der Waals surface area (Å²) in [7, 11) is 0. The van der Waals surface area contributed by atoms with Gasteiger partial charge in [0.2, 0.25) is 0 Å². The Morgan fingerprint density at radius 2 is 2.60 bits per heavy atom. The molecule has 2 heteroatoms. The fourth-order valence-corrected chi connectivity index (χ4v) is 1.38. The highest BCUT2D eigenvalue weighted by molar-refractivity contribution is 5.22. The predicted molar refractivity (Wildman–Crippen MR) is 39.3 cm³/mol. The van der Waals surface area contributed by atoms with Crippen LogP contribution in [0.1, 0.15) is 12.8 Å². The first-order valence-electron chi connectivity index (χ1n) is 3.67. The van der Waals surface area contributed by atoms with Crippen molar-refractivity contribution in [3.05, 3.63) is 24.0 Å². The van der Waals surface area contributed by atoms with Crippen LogP contribution in [0.25, 0.3) is 0 Å². The van der Waals surface area contributed by atoms with Crippen molar-refractivity contribution in [2.45, 2.75) is 18.9 Å². The minimum Gasteiger partial charge on any atom is -0.486 e. The van der Waals surface area contributed by atoms with Crippen LogP contribution >= 0.6 is 0 Å². The maximum Gasteiger partial charge on any atom is 0.139 e. The number of ether oxygens (including phenoxy) is 1. The van der Waals surface area contributed by atoms with E-state index in [2.05, 4.69) is 17.5 Å². The van der Waals surface area contributed by atoms with E-state index in [-0.39, 0.29) is 0 Å². The summed E-state index contributed by atoms with van der Waals surface area (Å²) in [6.45, 7) is 0.651. The fraction of sp³-hybridized carbons (Fsp3) is 0.500. The molecule has 0 aromatic carbocycles. The fourth-order valence-electron chi connectivity index (χ4n) is 1.38. The van der Waals surface area contributed by atoms with Crippen molar-refractivity contribution in [2.75, 3.05) is 6.73 Å². The van der Waals surface area contributed by atoms with Crippen LogP contribution in [0.2, 0.25) is 0 Å². The Morgan fingerprint density at radius 3 is 3.50 bits per heavy atom. The molecule has 2 nitrogen and oxygen atoms in total. The number of fused-ring (bicyclic) bond motifs is 1. The molecule has 0 saturated heterocycles. The van der Waals surface area contributed by atoms with Crippen LogP contribution in [-0.4, -0.2) is 12.8 Å². The highest BCUT2D eigenvalue weighted by Crippen LogP contribution is 2.19. The van der Waals surface area contributed by atoms with Crippen LogP contribution in [0.4, 0.5) is 0 Å². The van der Waals surface area contributed by atoms with Crippen LogP contribution in [0.3, 0.4) is 0 Å². The highest BCUT2D eigenvalue weighted by atomic mass is 16.5. The van der Waals surface area contributed by atoms with E-state index in [4.69, 9.17) is 4.74 Å². The summed E-state index contributed by atoms with van der Waals surface area (Å²) in [6, 6.07) is 0.461. The molecule has 0 amide bonds. The summed E-state index contributed by atoms with van der Waals surface area (Å²) in [5.41, 5.74) is 1.38. The Labute approximate surface area is 60.6 Å². The third-order valence-corrected chi connectivity index (χ3v) is 1.95. The van der Waals surface area contributed by atoms with Crippen LogP contribution in [0, 0.1) is 0 Å². The number of nitrogens with one attached hydrogen (secondary N) is 1. The Kier molecular flexibility index (Phi) is 1.47. The molecule has 0 radical (unpaired) electrons. The summed E-state index contributed by atoms with van der Waals surface area (Å²) in [4.78, 5) is 0. The minimum absolute atomic E-state index is 0.461. The topological polar surface area (TPSA) is 21.3 Å². The molecule has 2 rings (SSSR count). The SMILES string of the molecule is C1=CC2NCOC=C2CC1. The van der Waals surface area contributed by atoms with Gasteiger partial charge in [0.1, 0.15) is 6.73 Å². The first-order valence-corrected chi connectivity index (χ1v) is 3.67. The first-order chi connectivity index (χ1) is 4.97. The maximum absolute atomic E-state index is 5.13. The molecule has 0 spiro atoms. The van der Waals surface area contributed by atoms with Gasteiger partial charge in [-0.15, -0.1) is 0 Å². The summed E-state index contributed by atoms with van der Waals surface area (Å²) in [6.07, 6.45) is 8.63. The second-order valence-corrected chi connectivity index (χ2v) is 2.65. The maximum atomic E-state index is 5.13. The molecule has 1 aliphatic carbocycles. The normalized spacial score (nSPS) is 30.4. The van der Waals surface area contributed by atoms with Gasteiger partial charge in [-0.3, -0.25) is 5.32 Å². The molecule has 1 aliphatic heterocycles. The van der Waals surface area contributed by atoms with Gasteiger partial charge in [0.25, 0.3) is 0 Å². The molecular formula is C8H11NO. The zero-order valence-corrected chi connectivity index (χ0v) is 5.84. The molecule has 1 atom stereocenters. The summed E-state index contributed by atoms with van der Waals surface area (Å²) >= 11 is 0. The standard InChI is InChI=1S/C8H11NO/c1-2-4-8-7(3-1)5-10-6-9-8/h2,4-5,8-9H,1,3,6H2. The number of allylic oxidation sites excluding steroid dienone is 1. The zero-order valence-electron chi connectivity index (χ0n) is 5.84. The molecule has 0 fully saturated rings. The molecule has 54 valence electrons. The van der Waals surface area contributed by atoms with Crippen molar-refractivity contribution in [1.82, 2.24) is 5.32 Å². The average Bonchev–Trinajstić information content (AvgIpc) is 2.05. The van der Waals surface area contributed by atoms with Gasteiger partial charge >= 0.3 is 0 Å². The molecule has 1 heterocycles. The average molecular weight is 137 g/mol. The Hall–Kier alpha value is -0.760. The van der Waals surface area contributed by atoms with Gasteiger partial charge in [0.15, 0.2) is 0 Å². The second-order valence-electron chi connectivity index (χ2n) is 2.65. The van der Waals surface area contributed by atoms with E-state index in [9.17, 15) is 0 Å². The van der Waals surface area contributed by atoms with Gasteiger partial charge in [-0.05, 0) is 18.4 Å². The smallest absolute Gasteiger partial charge is 0.139 e. The van der Waals surface area contributed by atoms with Crippen molar-refractivity contribution < 1.29 is 4.74 Å². The molecule has 0 aromatic rings. The third kappa shape index (κ3) is 0.948. The van der Waals surface area contributed by atoms with E-state index in [0.29, 0.717) is 12.8 Å². The second kappa shape index (κ2) is 2.46. The quantitative estimate of drug-likeness (QED) is 0.506. The van der Waals surface area contributed by atoms with Crippen LogP contribution in [0.5, 0.6) is 0 Å². The van der Waals surface area contributed by atoms with E-state index in [1.165, 1.54) is 5.57 Å². The summed E-state index contributed by atoms with van der Waals surface area (Å²) in [5, 5.41) is 3.24. The van der Waals surface area contributed by atoms with Crippen LogP contribution in [0.15, 0.2) is 24.0 Å². The van der Waals surface area contributed by atoms with Crippen molar-refractivity contribution in [1.29, 1.82) is 0 Å². The van der Waals surface area contributed by atoms with Gasteiger partial charge in [-0.25, -0.2) is 0 Å². The molecule has 2 aliphatic rings. The Bertz CT molecular complexity index is 184. The van der Waals surface area contributed by atoms with Gasteiger partial charge in [0, 0.05) is 0 Å². The predicted octanol–water partition coefficient (Wildman–Crippen LogP) is 1.17. The summed E-state index contributed by atoms with van der Waals surface area (Å²) < 4.78 is 5.13. The van der Waals surface area contributed by atoms with E-state index in [1.54, 1.807) is 0 Å². The Morgan fingerprint density at radius 1 is 1.60 bits per heavy atom. The number of rotatable bonds is 0. The first kappa shape index (κ1) is 5.98. The van der Waals surface area contributed by atoms with Gasteiger partial charge in [-0.1, -0.05) is 12.2 Å². The molecule has 10 heavy (non-hydrogen) atoms.